The van der Waals surface area contributed by atoms with Crippen LogP contribution in [-0.2, 0) is 18.5 Å². The predicted octanol–water partition coefficient (Wildman–Crippen LogP) is 3.55. The number of guanidine groups is 1. The lowest BCUT2D eigenvalue weighted by atomic mass is 9.92. The van der Waals surface area contributed by atoms with Crippen molar-refractivity contribution in [1.29, 1.82) is 0 Å². The van der Waals surface area contributed by atoms with Gasteiger partial charge in [-0.2, -0.15) is 0 Å². The second-order valence-electron chi connectivity index (χ2n) is 10.0. The summed E-state index contributed by atoms with van der Waals surface area (Å²) in [5.41, 5.74) is 12.5. The number of aromatic amines is 1. The van der Waals surface area contributed by atoms with Crippen molar-refractivity contribution in [2.75, 3.05) is 18.4 Å². The highest BCUT2D eigenvalue weighted by Crippen LogP contribution is 2.30. The molecule has 0 bridgehead atoms. The van der Waals surface area contributed by atoms with Crippen LogP contribution >= 0.6 is 0 Å². The van der Waals surface area contributed by atoms with Crippen LogP contribution in [0.3, 0.4) is 0 Å². The van der Waals surface area contributed by atoms with E-state index in [1.807, 2.05) is 19.1 Å². The number of oxazole rings is 1. The van der Waals surface area contributed by atoms with Gasteiger partial charge in [-0.05, 0) is 105 Å². The summed E-state index contributed by atoms with van der Waals surface area (Å²) in [6.07, 6.45) is 9.19. The molecule has 6 rings (SSSR count). The number of benzene rings is 2. The minimum Gasteiger partial charge on any atom is -0.408 e. The fourth-order valence-electron chi connectivity index (χ4n) is 5.72. The van der Waals surface area contributed by atoms with Crippen molar-refractivity contribution in [2.24, 2.45) is 10.7 Å². The highest BCUT2D eigenvalue weighted by Gasteiger charge is 2.33. The molecular weight excluding hydrogens is 440 g/mol. The van der Waals surface area contributed by atoms with E-state index in [2.05, 4.69) is 43.7 Å². The second-order valence-corrected chi connectivity index (χ2v) is 10.0. The van der Waals surface area contributed by atoms with Gasteiger partial charge >= 0.3 is 5.76 Å². The average molecular weight is 473 g/mol. The number of aryl methyl sites for hydroxylation is 2. The Morgan fingerprint density at radius 1 is 1.11 bits per heavy atom. The second kappa shape index (κ2) is 8.70. The van der Waals surface area contributed by atoms with Crippen LogP contribution < -0.4 is 22.1 Å². The molecule has 8 heteroatoms. The Labute approximate surface area is 204 Å². The van der Waals surface area contributed by atoms with Crippen LogP contribution in [0.1, 0.15) is 49.3 Å². The Bertz CT molecular complexity index is 1380. The van der Waals surface area contributed by atoms with Gasteiger partial charge in [-0.25, -0.2) is 9.79 Å². The summed E-state index contributed by atoms with van der Waals surface area (Å²) in [5, 5.41) is 6.80. The minimum atomic E-state index is -0.971. The molecule has 5 N–H and O–H groups in total. The monoisotopic (exact) mass is 472 g/mol. The Morgan fingerprint density at radius 3 is 2.74 bits per heavy atom. The molecule has 182 valence electrons. The molecule has 2 atom stereocenters. The van der Waals surface area contributed by atoms with Gasteiger partial charge in [-0.15, -0.1) is 0 Å². The maximum absolute atomic E-state index is 11.6. The maximum atomic E-state index is 11.6. The van der Waals surface area contributed by atoms with Gasteiger partial charge in [0.2, 0.25) is 5.96 Å². The van der Waals surface area contributed by atoms with Gasteiger partial charge in [0.1, 0.15) is 5.66 Å². The van der Waals surface area contributed by atoms with Crippen LogP contribution in [0.5, 0.6) is 0 Å². The number of H-pyrrole nitrogens is 1. The molecule has 1 fully saturated rings. The van der Waals surface area contributed by atoms with E-state index in [0.717, 1.165) is 29.7 Å². The molecule has 35 heavy (non-hydrogen) atoms. The molecule has 0 radical (unpaired) electrons. The average Bonchev–Trinajstić information content (AvgIpc) is 3.46. The van der Waals surface area contributed by atoms with Crippen LogP contribution in [0, 0.1) is 0 Å². The normalized spacial score (nSPS) is 24.9. The first-order valence-corrected chi connectivity index (χ1v) is 12.6. The molecule has 1 aliphatic carbocycles. The van der Waals surface area contributed by atoms with Crippen molar-refractivity contribution >= 4 is 22.7 Å². The summed E-state index contributed by atoms with van der Waals surface area (Å²) < 4.78 is 5.13. The third kappa shape index (κ3) is 4.17. The Morgan fingerprint density at radius 2 is 1.91 bits per heavy atom. The van der Waals surface area contributed by atoms with Crippen LogP contribution in [0.2, 0.25) is 0 Å². The lowest BCUT2D eigenvalue weighted by molar-refractivity contribution is 0.222. The highest BCUT2D eigenvalue weighted by molar-refractivity contribution is 5.95. The minimum absolute atomic E-state index is 0.481. The molecule has 3 heterocycles. The number of aliphatic imine (C=N–C) groups is 1. The van der Waals surface area contributed by atoms with Gasteiger partial charge in [0.15, 0.2) is 5.58 Å². The summed E-state index contributed by atoms with van der Waals surface area (Å²) >= 11 is 0. The summed E-state index contributed by atoms with van der Waals surface area (Å²) in [6.45, 7) is 4.46. The largest absolute Gasteiger partial charge is 0.417 e. The molecule has 2 aromatic carbocycles. The predicted molar refractivity (Wildman–Crippen MR) is 138 cm³/mol. The first kappa shape index (κ1) is 22.1. The van der Waals surface area contributed by atoms with Crippen molar-refractivity contribution in [3.63, 3.8) is 0 Å². The zero-order valence-corrected chi connectivity index (χ0v) is 20.1. The standard InChI is InChI=1S/C27H32N6O2/c1-17-16-29-25(32-27(17,28)20-7-11-24-23(15-20)31-26(34)35-24)30-21-8-4-18-5-9-22(10-6-19(18)14-21)33-12-2-3-13-33/h4,7-8,11,14-16,22H,2-3,5-6,9-10,12-13,28H2,1H3,(H,31,34)(H2,29,30,32). The first-order valence-electron chi connectivity index (χ1n) is 12.6. The van der Waals surface area contributed by atoms with Gasteiger partial charge in [0.25, 0.3) is 0 Å². The third-order valence-corrected chi connectivity index (χ3v) is 7.82. The number of hydrogen-bond acceptors (Lipinski definition) is 7. The quantitative estimate of drug-likeness (QED) is 0.434. The molecule has 2 aliphatic heterocycles. The summed E-state index contributed by atoms with van der Waals surface area (Å²) in [6, 6.07) is 12.8. The number of nitrogens with two attached hydrogens (primary N) is 1. The number of hydrogen-bond donors (Lipinski definition) is 4. The number of fused-ring (bicyclic) bond motifs is 2. The Hall–Kier alpha value is -3.36. The van der Waals surface area contributed by atoms with E-state index in [9.17, 15) is 4.79 Å². The molecule has 0 saturated carbocycles. The van der Waals surface area contributed by atoms with E-state index in [0.29, 0.717) is 23.1 Å². The highest BCUT2D eigenvalue weighted by atomic mass is 16.4. The number of rotatable bonds is 3. The molecule has 2 unspecified atom stereocenters. The number of nitrogens with one attached hydrogen (secondary N) is 3. The van der Waals surface area contributed by atoms with Crippen molar-refractivity contribution in [1.82, 2.24) is 15.2 Å². The molecule has 3 aromatic rings. The summed E-state index contributed by atoms with van der Waals surface area (Å²) in [5.74, 6) is 0.105. The first-order chi connectivity index (χ1) is 17.0. The van der Waals surface area contributed by atoms with Crippen molar-refractivity contribution in [3.8, 4) is 0 Å². The van der Waals surface area contributed by atoms with Gasteiger partial charge in [0.05, 0.1) is 5.52 Å². The number of aromatic nitrogens is 1. The van der Waals surface area contributed by atoms with Gasteiger partial charge in [-0.1, -0.05) is 12.1 Å². The van der Waals surface area contributed by atoms with Gasteiger partial charge in [-0.3, -0.25) is 4.98 Å². The van der Waals surface area contributed by atoms with E-state index in [-0.39, 0.29) is 0 Å². The smallest absolute Gasteiger partial charge is 0.408 e. The molecule has 0 amide bonds. The van der Waals surface area contributed by atoms with E-state index in [1.54, 1.807) is 12.3 Å². The zero-order chi connectivity index (χ0) is 24.0. The van der Waals surface area contributed by atoms with E-state index in [1.165, 1.54) is 49.9 Å². The molecule has 1 aromatic heterocycles. The third-order valence-electron chi connectivity index (χ3n) is 7.82. The molecular formula is C27H32N6O2. The van der Waals surface area contributed by atoms with E-state index >= 15 is 0 Å². The Balaban J connectivity index is 1.20. The van der Waals surface area contributed by atoms with Crippen molar-refractivity contribution in [2.45, 2.75) is 57.2 Å². The molecule has 3 aliphatic rings. The number of anilines is 1. The SMILES string of the molecule is CC1=CN=C(Nc2ccc3c(c2)CCC(N2CCCC2)CC3)NC1(N)c1ccc2oc(=O)[nH]c2c1. The van der Waals surface area contributed by atoms with Crippen LogP contribution in [0.25, 0.3) is 11.1 Å². The van der Waals surface area contributed by atoms with Crippen LogP contribution in [0.4, 0.5) is 5.69 Å². The fraction of sp³-hybridized carbons (Fsp3) is 0.407. The van der Waals surface area contributed by atoms with E-state index < -0.39 is 11.4 Å². The van der Waals surface area contributed by atoms with Crippen LogP contribution in [-0.4, -0.2) is 35.0 Å². The van der Waals surface area contributed by atoms with E-state index in [4.69, 9.17) is 10.2 Å². The molecule has 8 nitrogen and oxygen atoms in total. The molecule has 1 saturated heterocycles. The lowest BCUT2D eigenvalue weighted by Gasteiger charge is -2.35. The maximum Gasteiger partial charge on any atom is 0.417 e. The van der Waals surface area contributed by atoms with Gasteiger partial charge < -0.3 is 25.7 Å². The zero-order valence-electron chi connectivity index (χ0n) is 20.1. The Kier molecular flexibility index (Phi) is 5.50. The van der Waals surface area contributed by atoms with Gasteiger partial charge in [0, 0.05) is 17.9 Å². The number of likely N-dealkylation sites (tertiary alicyclic amines) is 1. The van der Waals surface area contributed by atoms with Crippen molar-refractivity contribution < 1.29 is 4.42 Å². The fourth-order valence-corrected chi connectivity index (χ4v) is 5.72. The summed E-state index contributed by atoms with van der Waals surface area (Å²) in [7, 11) is 0. The number of nitrogens with zero attached hydrogens (tertiary/aromatic N) is 2. The van der Waals surface area contributed by atoms with Crippen LogP contribution in [0.15, 0.2) is 62.4 Å². The topological polar surface area (TPSA) is 112 Å². The summed E-state index contributed by atoms with van der Waals surface area (Å²) in [4.78, 5) is 21.5. The van der Waals surface area contributed by atoms with Crippen molar-refractivity contribution in [3.05, 3.63) is 75.4 Å². The lowest BCUT2D eigenvalue weighted by Crippen LogP contribution is -2.57. The molecule has 0 spiro atoms.